The molecule has 0 amide bonds. The molecule has 0 spiro atoms. The number of nitrogens with one attached hydrogen (secondary N) is 1. The Morgan fingerprint density at radius 2 is 2.05 bits per heavy atom. The molecule has 1 heterocycles. The molecule has 1 aromatic carbocycles. The minimum absolute atomic E-state index is 0.204. The van der Waals surface area contributed by atoms with Crippen LogP contribution < -0.4 is 5.32 Å². The van der Waals surface area contributed by atoms with Crippen molar-refractivity contribution < 1.29 is 4.92 Å². The summed E-state index contributed by atoms with van der Waals surface area (Å²) in [6, 6.07) is 11.2. The van der Waals surface area contributed by atoms with Gasteiger partial charge in [-0.3, -0.25) is 15.1 Å². The van der Waals surface area contributed by atoms with Crippen LogP contribution in [0.4, 0.5) is 5.69 Å². The van der Waals surface area contributed by atoms with E-state index in [-0.39, 0.29) is 16.7 Å². The fourth-order valence-corrected chi connectivity index (χ4v) is 2.35. The molecule has 1 atom stereocenters. The van der Waals surface area contributed by atoms with E-state index in [9.17, 15) is 10.1 Å². The molecule has 0 aliphatic heterocycles. The van der Waals surface area contributed by atoms with Gasteiger partial charge in [0, 0.05) is 30.4 Å². The number of aryl methyl sites for hydroxylation is 2. The maximum absolute atomic E-state index is 11.0. The maximum atomic E-state index is 11.0. The summed E-state index contributed by atoms with van der Waals surface area (Å²) in [6.45, 7) is 4.85. The smallest absolute Gasteiger partial charge is 0.272 e. The molecular formula is C17H21N3O2. The molecule has 5 nitrogen and oxygen atoms in total. The first-order chi connectivity index (χ1) is 10.6. The van der Waals surface area contributed by atoms with Crippen LogP contribution >= 0.6 is 0 Å². The lowest BCUT2D eigenvalue weighted by Gasteiger charge is -2.14. The van der Waals surface area contributed by atoms with E-state index in [2.05, 4.69) is 17.2 Å². The quantitative estimate of drug-likeness (QED) is 0.628. The van der Waals surface area contributed by atoms with Crippen LogP contribution in [0.25, 0.3) is 0 Å². The van der Waals surface area contributed by atoms with E-state index in [0.29, 0.717) is 13.0 Å². The Bertz CT molecular complexity index is 643. The largest absolute Gasteiger partial charge is 0.309 e. The molecule has 1 N–H and O–H groups in total. The van der Waals surface area contributed by atoms with Crippen LogP contribution in [-0.2, 0) is 13.0 Å². The zero-order valence-corrected chi connectivity index (χ0v) is 13.0. The third kappa shape index (κ3) is 4.36. The molecule has 116 valence electrons. The van der Waals surface area contributed by atoms with Crippen molar-refractivity contribution in [2.75, 3.05) is 0 Å². The summed E-state index contributed by atoms with van der Waals surface area (Å²) in [5.41, 5.74) is 3.20. The fourth-order valence-electron chi connectivity index (χ4n) is 2.35. The second kappa shape index (κ2) is 7.66. The number of benzene rings is 1. The number of hydrogen-bond donors (Lipinski definition) is 1. The van der Waals surface area contributed by atoms with Crippen LogP contribution in [0.5, 0.6) is 0 Å². The first-order valence-electron chi connectivity index (χ1n) is 7.44. The minimum atomic E-state index is -0.315. The van der Waals surface area contributed by atoms with Gasteiger partial charge < -0.3 is 5.32 Å². The minimum Gasteiger partial charge on any atom is -0.309 e. The van der Waals surface area contributed by atoms with Gasteiger partial charge in [0.15, 0.2) is 0 Å². The highest BCUT2D eigenvalue weighted by Gasteiger charge is 2.13. The monoisotopic (exact) mass is 299 g/mol. The van der Waals surface area contributed by atoms with Gasteiger partial charge >= 0.3 is 0 Å². The number of nitro benzene ring substituents is 1. The summed E-state index contributed by atoms with van der Waals surface area (Å²) >= 11 is 0. The molecule has 2 rings (SSSR count). The SMILES string of the molecule is Cc1cccnc1CNC(C)CCc1ccccc1[N+](=O)[O-]. The first kappa shape index (κ1) is 16.1. The molecule has 0 radical (unpaired) electrons. The van der Waals surface area contributed by atoms with Crippen molar-refractivity contribution in [3.8, 4) is 0 Å². The standard InChI is InChI=1S/C17H21N3O2/c1-13-6-5-11-18-16(13)12-19-14(2)9-10-15-7-3-4-8-17(15)20(21)22/h3-8,11,14,19H,9-10,12H2,1-2H3. The zero-order valence-electron chi connectivity index (χ0n) is 13.0. The van der Waals surface area contributed by atoms with Gasteiger partial charge in [0.2, 0.25) is 0 Å². The summed E-state index contributed by atoms with van der Waals surface area (Å²) in [4.78, 5) is 15.0. The maximum Gasteiger partial charge on any atom is 0.272 e. The number of para-hydroxylation sites is 1. The molecule has 22 heavy (non-hydrogen) atoms. The normalized spacial score (nSPS) is 12.1. The highest BCUT2D eigenvalue weighted by atomic mass is 16.6. The zero-order chi connectivity index (χ0) is 15.9. The average Bonchev–Trinajstić information content (AvgIpc) is 2.52. The topological polar surface area (TPSA) is 68.1 Å². The molecule has 0 aliphatic carbocycles. The van der Waals surface area contributed by atoms with Crippen LogP contribution in [-0.4, -0.2) is 15.9 Å². The highest BCUT2D eigenvalue weighted by molar-refractivity contribution is 5.39. The van der Waals surface area contributed by atoms with Crippen LogP contribution in [0.1, 0.15) is 30.2 Å². The van der Waals surface area contributed by atoms with Crippen molar-refractivity contribution in [1.29, 1.82) is 0 Å². The van der Waals surface area contributed by atoms with Gasteiger partial charge in [0.1, 0.15) is 0 Å². The van der Waals surface area contributed by atoms with Gasteiger partial charge in [-0.15, -0.1) is 0 Å². The first-order valence-corrected chi connectivity index (χ1v) is 7.44. The van der Waals surface area contributed by atoms with Crippen LogP contribution in [0, 0.1) is 17.0 Å². The van der Waals surface area contributed by atoms with Crippen molar-refractivity contribution in [1.82, 2.24) is 10.3 Å². The number of hydrogen-bond acceptors (Lipinski definition) is 4. The van der Waals surface area contributed by atoms with Crippen molar-refractivity contribution in [2.45, 2.75) is 39.3 Å². The Morgan fingerprint density at radius 1 is 1.27 bits per heavy atom. The van der Waals surface area contributed by atoms with Gasteiger partial charge in [-0.2, -0.15) is 0 Å². The molecule has 0 saturated carbocycles. The lowest BCUT2D eigenvalue weighted by molar-refractivity contribution is -0.385. The third-order valence-electron chi connectivity index (χ3n) is 3.77. The number of pyridine rings is 1. The van der Waals surface area contributed by atoms with Crippen LogP contribution in [0.15, 0.2) is 42.6 Å². The molecule has 5 heteroatoms. The number of nitrogens with zero attached hydrogens (tertiary/aromatic N) is 2. The lowest BCUT2D eigenvalue weighted by atomic mass is 10.0. The summed E-state index contributed by atoms with van der Waals surface area (Å²) in [5.74, 6) is 0. The van der Waals surface area contributed by atoms with E-state index >= 15 is 0 Å². The van der Waals surface area contributed by atoms with E-state index in [0.717, 1.165) is 17.7 Å². The number of rotatable bonds is 7. The molecule has 0 bridgehead atoms. The predicted molar refractivity (Wildman–Crippen MR) is 86.7 cm³/mol. The third-order valence-corrected chi connectivity index (χ3v) is 3.77. The van der Waals surface area contributed by atoms with Crippen LogP contribution in [0.2, 0.25) is 0 Å². The van der Waals surface area contributed by atoms with Gasteiger partial charge in [-0.1, -0.05) is 24.3 Å². The van der Waals surface area contributed by atoms with E-state index in [1.165, 1.54) is 5.56 Å². The number of aromatic nitrogens is 1. The van der Waals surface area contributed by atoms with Crippen molar-refractivity contribution in [3.05, 3.63) is 69.5 Å². The Balaban J connectivity index is 1.87. The van der Waals surface area contributed by atoms with E-state index in [4.69, 9.17) is 0 Å². The molecule has 0 saturated heterocycles. The molecule has 1 unspecified atom stereocenters. The van der Waals surface area contributed by atoms with Crippen molar-refractivity contribution >= 4 is 5.69 Å². The molecule has 2 aromatic rings. The molecular weight excluding hydrogens is 278 g/mol. The molecule has 1 aromatic heterocycles. The Kier molecular flexibility index (Phi) is 5.61. The van der Waals surface area contributed by atoms with Gasteiger partial charge in [0.05, 0.1) is 10.6 Å². The average molecular weight is 299 g/mol. The molecule has 0 fully saturated rings. The van der Waals surface area contributed by atoms with E-state index in [1.54, 1.807) is 18.3 Å². The summed E-state index contributed by atoms with van der Waals surface area (Å²) in [7, 11) is 0. The summed E-state index contributed by atoms with van der Waals surface area (Å²) < 4.78 is 0. The van der Waals surface area contributed by atoms with Crippen molar-refractivity contribution in [2.24, 2.45) is 0 Å². The Hall–Kier alpha value is -2.27. The predicted octanol–water partition coefficient (Wildman–Crippen LogP) is 3.41. The Labute approximate surface area is 130 Å². The van der Waals surface area contributed by atoms with E-state index < -0.39 is 0 Å². The van der Waals surface area contributed by atoms with Crippen LogP contribution in [0.3, 0.4) is 0 Å². The summed E-state index contributed by atoms with van der Waals surface area (Å²) in [6.07, 6.45) is 3.32. The second-order valence-electron chi connectivity index (χ2n) is 5.47. The lowest BCUT2D eigenvalue weighted by Crippen LogP contribution is -2.26. The van der Waals surface area contributed by atoms with Crippen molar-refractivity contribution in [3.63, 3.8) is 0 Å². The van der Waals surface area contributed by atoms with Gasteiger partial charge in [-0.05, 0) is 38.3 Å². The highest BCUT2D eigenvalue weighted by Crippen LogP contribution is 2.19. The van der Waals surface area contributed by atoms with Gasteiger partial charge in [0.25, 0.3) is 5.69 Å². The molecule has 0 aliphatic rings. The Morgan fingerprint density at radius 3 is 2.77 bits per heavy atom. The van der Waals surface area contributed by atoms with E-state index in [1.807, 2.05) is 31.2 Å². The fraction of sp³-hybridized carbons (Fsp3) is 0.353. The number of nitro groups is 1. The second-order valence-corrected chi connectivity index (χ2v) is 5.47. The summed E-state index contributed by atoms with van der Waals surface area (Å²) in [5, 5.41) is 14.4. The van der Waals surface area contributed by atoms with Gasteiger partial charge in [-0.25, -0.2) is 0 Å².